The van der Waals surface area contributed by atoms with Crippen LogP contribution >= 0.6 is 0 Å². The number of aryl methyl sites for hydroxylation is 1. The number of pyridine rings is 1. The lowest BCUT2D eigenvalue weighted by molar-refractivity contribution is 0.636. The Bertz CT molecular complexity index is 521. The van der Waals surface area contributed by atoms with Crippen LogP contribution in [0.4, 0.5) is 10.1 Å². The molecule has 1 heterocycles. The summed E-state index contributed by atoms with van der Waals surface area (Å²) >= 11 is 0. The predicted molar refractivity (Wildman–Crippen MR) is 60.7 cm³/mol. The molecule has 0 aliphatic rings. The molecule has 1 aromatic carbocycles. The molecule has 0 aliphatic heterocycles. The minimum atomic E-state index is -0.271. The molecule has 0 spiro atoms. The van der Waals surface area contributed by atoms with Gasteiger partial charge in [-0.15, -0.1) is 0 Å². The zero-order valence-electron chi connectivity index (χ0n) is 9.06. The van der Waals surface area contributed by atoms with E-state index in [2.05, 4.69) is 10.3 Å². The van der Waals surface area contributed by atoms with Gasteiger partial charge in [-0.2, -0.15) is 0 Å². The van der Waals surface area contributed by atoms with Crippen molar-refractivity contribution in [3.8, 4) is 0 Å². The molecule has 0 aliphatic carbocycles. The highest BCUT2D eigenvalue weighted by atomic mass is 19.1. The van der Waals surface area contributed by atoms with Crippen molar-refractivity contribution in [2.24, 2.45) is 0 Å². The molecule has 15 heavy (non-hydrogen) atoms. The Morgan fingerprint density at radius 2 is 2.00 bits per heavy atom. The van der Waals surface area contributed by atoms with Crippen LogP contribution in [0.15, 0.2) is 18.2 Å². The van der Waals surface area contributed by atoms with E-state index in [1.165, 1.54) is 6.07 Å². The van der Waals surface area contributed by atoms with Gasteiger partial charge in [0.1, 0.15) is 11.3 Å². The van der Waals surface area contributed by atoms with E-state index in [1.54, 1.807) is 6.07 Å². The van der Waals surface area contributed by atoms with E-state index in [4.69, 9.17) is 0 Å². The molecular weight excluding hydrogens is 191 g/mol. The summed E-state index contributed by atoms with van der Waals surface area (Å²) < 4.78 is 13.5. The summed E-state index contributed by atoms with van der Waals surface area (Å²) in [5.41, 5.74) is 3.31. The Hall–Kier alpha value is -1.64. The molecule has 0 saturated heterocycles. The third-order valence-electron chi connectivity index (χ3n) is 2.70. The summed E-state index contributed by atoms with van der Waals surface area (Å²) in [7, 11) is 1.84. The molecule has 0 unspecified atom stereocenters. The number of rotatable bonds is 1. The van der Waals surface area contributed by atoms with Gasteiger partial charge in [0.15, 0.2) is 0 Å². The molecule has 0 atom stereocenters. The molecule has 0 bridgehead atoms. The van der Waals surface area contributed by atoms with Gasteiger partial charge in [0.25, 0.3) is 0 Å². The Labute approximate surface area is 88.1 Å². The second kappa shape index (κ2) is 3.50. The number of benzene rings is 1. The molecule has 3 heteroatoms. The van der Waals surface area contributed by atoms with Crippen LogP contribution in [0.2, 0.25) is 0 Å². The van der Waals surface area contributed by atoms with Gasteiger partial charge in [-0.05, 0) is 25.5 Å². The Kier molecular flexibility index (Phi) is 2.31. The molecule has 0 radical (unpaired) electrons. The van der Waals surface area contributed by atoms with Crippen molar-refractivity contribution in [2.45, 2.75) is 13.8 Å². The van der Waals surface area contributed by atoms with Gasteiger partial charge in [0.05, 0.1) is 0 Å². The third-order valence-corrected chi connectivity index (χ3v) is 2.70. The molecule has 1 aromatic heterocycles. The standard InChI is InChI=1S/C12H13FN2/c1-7-8(2)15-12-9(11(7)14-3)5-4-6-10(12)13/h4-6H,1-3H3,(H,14,15). The zero-order chi connectivity index (χ0) is 11.0. The number of nitrogens with one attached hydrogen (secondary N) is 1. The van der Waals surface area contributed by atoms with Crippen molar-refractivity contribution in [3.05, 3.63) is 35.3 Å². The number of fused-ring (bicyclic) bond motifs is 1. The topological polar surface area (TPSA) is 24.9 Å². The summed E-state index contributed by atoms with van der Waals surface area (Å²) in [6, 6.07) is 5.02. The fourth-order valence-corrected chi connectivity index (χ4v) is 1.79. The minimum absolute atomic E-state index is 0.271. The lowest BCUT2D eigenvalue weighted by atomic mass is 10.1. The van der Waals surface area contributed by atoms with Gasteiger partial charge < -0.3 is 5.32 Å². The van der Waals surface area contributed by atoms with E-state index in [9.17, 15) is 4.39 Å². The fourth-order valence-electron chi connectivity index (χ4n) is 1.79. The molecule has 2 nitrogen and oxygen atoms in total. The largest absolute Gasteiger partial charge is 0.387 e. The summed E-state index contributed by atoms with van der Waals surface area (Å²) in [5, 5.41) is 3.93. The van der Waals surface area contributed by atoms with Crippen molar-refractivity contribution >= 4 is 16.6 Å². The normalized spacial score (nSPS) is 10.7. The third kappa shape index (κ3) is 1.44. The molecule has 0 amide bonds. The van der Waals surface area contributed by atoms with E-state index in [1.807, 2.05) is 27.0 Å². The predicted octanol–water partition coefficient (Wildman–Crippen LogP) is 3.03. The average molecular weight is 204 g/mol. The molecule has 2 aromatic rings. The Morgan fingerprint density at radius 3 is 2.67 bits per heavy atom. The smallest absolute Gasteiger partial charge is 0.149 e. The summed E-state index contributed by atoms with van der Waals surface area (Å²) in [6.07, 6.45) is 0. The van der Waals surface area contributed by atoms with Crippen molar-refractivity contribution < 1.29 is 4.39 Å². The van der Waals surface area contributed by atoms with Crippen LogP contribution in [0.25, 0.3) is 10.9 Å². The minimum Gasteiger partial charge on any atom is -0.387 e. The second-order valence-corrected chi connectivity index (χ2v) is 3.58. The van der Waals surface area contributed by atoms with Crippen LogP contribution in [0.5, 0.6) is 0 Å². The van der Waals surface area contributed by atoms with Crippen molar-refractivity contribution in [3.63, 3.8) is 0 Å². The monoisotopic (exact) mass is 204 g/mol. The highest BCUT2D eigenvalue weighted by Gasteiger charge is 2.10. The van der Waals surface area contributed by atoms with Crippen molar-refractivity contribution in [2.75, 3.05) is 12.4 Å². The second-order valence-electron chi connectivity index (χ2n) is 3.58. The molecule has 78 valence electrons. The van der Waals surface area contributed by atoms with E-state index >= 15 is 0 Å². The molecule has 0 saturated carbocycles. The first-order chi connectivity index (χ1) is 7.15. The maximum Gasteiger partial charge on any atom is 0.149 e. The van der Waals surface area contributed by atoms with E-state index in [0.29, 0.717) is 5.52 Å². The van der Waals surface area contributed by atoms with E-state index in [-0.39, 0.29) is 5.82 Å². The lowest BCUT2D eigenvalue weighted by Gasteiger charge is -2.11. The first-order valence-electron chi connectivity index (χ1n) is 4.88. The van der Waals surface area contributed by atoms with Crippen molar-refractivity contribution in [1.82, 2.24) is 4.98 Å². The van der Waals surface area contributed by atoms with Crippen molar-refractivity contribution in [1.29, 1.82) is 0 Å². The zero-order valence-corrected chi connectivity index (χ0v) is 9.06. The number of halogens is 1. The van der Waals surface area contributed by atoms with Gasteiger partial charge in [-0.1, -0.05) is 12.1 Å². The number of hydrogen-bond donors (Lipinski definition) is 1. The highest BCUT2D eigenvalue weighted by molar-refractivity contribution is 5.93. The Morgan fingerprint density at radius 1 is 1.27 bits per heavy atom. The summed E-state index contributed by atoms with van der Waals surface area (Å²) in [4.78, 5) is 4.27. The van der Waals surface area contributed by atoms with Gasteiger partial charge in [0, 0.05) is 23.8 Å². The van der Waals surface area contributed by atoms with Gasteiger partial charge in [-0.25, -0.2) is 9.37 Å². The van der Waals surface area contributed by atoms with E-state index in [0.717, 1.165) is 22.3 Å². The van der Waals surface area contributed by atoms with Crippen LogP contribution in [0.1, 0.15) is 11.3 Å². The molecule has 0 fully saturated rings. The van der Waals surface area contributed by atoms with Crippen LogP contribution in [-0.4, -0.2) is 12.0 Å². The number of aromatic nitrogens is 1. The fraction of sp³-hybridized carbons (Fsp3) is 0.250. The SMILES string of the molecule is CNc1c(C)c(C)nc2c(F)cccc12. The maximum atomic E-state index is 13.5. The van der Waals surface area contributed by atoms with E-state index < -0.39 is 0 Å². The molecule has 2 rings (SSSR count). The van der Waals surface area contributed by atoms with Gasteiger partial charge in [0.2, 0.25) is 0 Å². The van der Waals surface area contributed by atoms with Gasteiger partial charge in [-0.3, -0.25) is 0 Å². The lowest BCUT2D eigenvalue weighted by Crippen LogP contribution is -1.99. The number of para-hydroxylation sites is 1. The van der Waals surface area contributed by atoms with Crippen LogP contribution in [0, 0.1) is 19.7 Å². The maximum absolute atomic E-state index is 13.5. The Balaban J connectivity index is 2.94. The van der Waals surface area contributed by atoms with Crippen LogP contribution in [0.3, 0.4) is 0 Å². The molecular formula is C12H13FN2. The first-order valence-corrected chi connectivity index (χ1v) is 4.88. The summed E-state index contributed by atoms with van der Waals surface area (Å²) in [6.45, 7) is 3.88. The summed E-state index contributed by atoms with van der Waals surface area (Å²) in [5.74, 6) is -0.271. The van der Waals surface area contributed by atoms with Crippen LogP contribution in [-0.2, 0) is 0 Å². The highest BCUT2D eigenvalue weighted by Crippen LogP contribution is 2.28. The first kappa shape index (κ1) is 9.90. The number of anilines is 1. The molecule has 1 N–H and O–H groups in total. The van der Waals surface area contributed by atoms with Gasteiger partial charge >= 0.3 is 0 Å². The average Bonchev–Trinajstić information content (AvgIpc) is 2.22. The van der Waals surface area contributed by atoms with Crippen LogP contribution < -0.4 is 5.32 Å². The quantitative estimate of drug-likeness (QED) is 0.772. The number of hydrogen-bond acceptors (Lipinski definition) is 2. The number of nitrogens with zero attached hydrogens (tertiary/aromatic N) is 1.